The van der Waals surface area contributed by atoms with E-state index in [1.807, 2.05) is 13.0 Å². The minimum absolute atomic E-state index is 0.0864. The van der Waals surface area contributed by atoms with Crippen LogP contribution >= 0.6 is 27.5 Å². The highest BCUT2D eigenvalue weighted by Crippen LogP contribution is 2.32. The molecule has 0 aromatic heterocycles. The molecule has 0 radical (unpaired) electrons. The number of nitrogens with zero attached hydrogens (tertiary/aromatic N) is 1. The Bertz CT molecular complexity index is 1370. The molecule has 0 atom stereocenters. The van der Waals surface area contributed by atoms with E-state index in [0.717, 1.165) is 4.47 Å². The first kappa shape index (κ1) is 24.5. The van der Waals surface area contributed by atoms with Crippen molar-refractivity contribution in [1.82, 2.24) is 0 Å². The van der Waals surface area contributed by atoms with Crippen molar-refractivity contribution in [2.45, 2.75) is 6.92 Å². The smallest absolute Gasteiger partial charge is 0.363 e. The summed E-state index contributed by atoms with van der Waals surface area (Å²) in [4.78, 5) is 29.4. The molecule has 7 nitrogen and oxygen atoms in total. The maximum absolute atomic E-state index is 12.6. The van der Waals surface area contributed by atoms with Crippen LogP contribution in [0.2, 0.25) is 5.02 Å². The van der Waals surface area contributed by atoms with Gasteiger partial charge in [0.05, 0.1) is 24.8 Å². The largest absolute Gasteiger partial charge is 0.496 e. The molecule has 0 unspecified atom stereocenters. The van der Waals surface area contributed by atoms with Crippen LogP contribution in [-0.2, 0) is 9.53 Å². The van der Waals surface area contributed by atoms with Gasteiger partial charge in [-0.25, -0.2) is 14.6 Å². The first-order chi connectivity index (χ1) is 16.9. The Morgan fingerprint density at radius 1 is 1.09 bits per heavy atom. The van der Waals surface area contributed by atoms with Crippen molar-refractivity contribution < 1.29 is 28.5 Å². The van der Waals surface area contributed by atoms with Gasteiger partial charge in [-0.05, 0) is 67.1 Å². The van der Waals surface area contributed by atoms with E-state index in [2.05, 4.69) is 20.9 Å². The Morgan fingerprint density at radius 3 is 2.63 bits per heavy atom. The van der Waals surface area contributed by atoms with Gasteiger partial charge in [0.2, 0.25) is 5.90 Å². The van der Waals surface area contributed by atoms with Crippen LogP contribution in [0.1, 0.15) is 28.4 Å². The molecule has 0 aliphatic carbocycles. The Labute approximate surface area is 215 Å². The van der Waals surface area contributed by atoms with Gasteiger partial charge >= 0.3 is 11.9 Å². The van der Waals surface area contributed by atoms with Crippen molar-refractivity contribution >= 4 is 51.4 Å². The summed E-state index contributed by atoms with van der Waals surface area (Å²) in [5.41, 5.74) is 1.54. The molecule has 3 aromatic carbocycles. The van der Waals surface area contributed by atoms with Gasteiger partial charge in [0.15, 0.2) is 17.2 Å². The third kappa shape index (κ3) is 5.72. The molecular formula is C26H19BrClNO6. The topological polar surface area (TPSA) is 83.4 Å². The third-order valence-corrected chi connectivity index (χ3v) is 5.57. The predicted octanol–water partition coefficient (Wildman–Crippen LogP) is 6.07. The summed E-state index contributed by atoms with van der Waals surface area (Å²) in [5, 5.41) is 0.450. The van der Waals surface area contributed by atoms with E-state index in [9.17, 15) is 9.59 Å². The number of carbonyl (C=O) groups excluding carboxylic acids is 2. The minimum atomic E-state index is -0.620. The lowest BCUT2D eigenvalue weighted by Crippen LogP contribution is -2.09. The van der Waals surface area contributed by atoms with Crippen LogP contribution in [0.3, 0.4) is 0 Å². The number of cyclic esters (lactones) is 1. The number of carbonyl (C=O) groups is 2. The molecule has 0 saturated heterocycles. The molecule has 0 N–H and O–H groups in total. The van der Waals surface area contributed by atoms with Gasteiger partial charge in [-0.1, -0.05) is 39.7 Å². The highest BCUT2D eigenvalue weighted by Gasteiger charge is 2.27. The molecule has 35 heavy (non-hydrogen) atoms. The number of esters is 2. The zero-order chi connectivity index (χ0) is 24.9. The number of methoxy groups -OCH3 is 1. The summed E-state index contributed by atoms with van der Waals surface area (Å²) < 4.78 is 22.6. The van der Waals surface area contributed by atoms with E-state index in [1.54, 1.807) is 60.7 Å². The summed E-state index contributed by atoms with van der Waals surface area (Å²) in [6, 6.07) is 16.7. The van der Waals surface area contributed by atoms with Crippen molar-refractivity contribution in [3.63, 3.8) is 0 Å². The highest BCUT2D eigenvalue weighted by molar-refractivity contribution is 9.10. The molecule has 0 spiro atoms. The quantitative estimate of drug-likeness (QED) is 0.199. The third-order valence-electron chi connectivity index (χ3n) is 4.85. The molecule has 0 fully saturated rings. The number of hydrogen-bond acceptors (Lipinski definition) is 7. The lowest BCUT2D eigenvalue weighted by molar-refractivity contribution is -0.129. The van der Waals surface area contributed by atoms with E-state index in [-0.39, 0.29) is 17.3 Å². The van der Waals surface area contributed by atoms with Gasteiger partial charge in [-0.15, -0.1) is 0 Å². The first-order valence-corrected chi connectivity index (χ1v) is 11.7. The Kier molecular flexibility index (Phi) is 7.53. The van der Waals surface area contributed by atoms with Crippen LogP contribution in [0, 0.1) is 0 Å². The summed E-state index contributed by atoms with van der Waals surface area (Å²) >= 11 is 9.42. The summed E-state index contributed by atoms with van der Waals surface area (Å²) in [7, 11) is 1.50. The fraction of sp³-hybridized carbons (Fsp3) is 0.115. The van der Waals surface area contributed by atoms with Crippen molar-refractivity contribution in [1.29, 1.82) is 0 Å². The number of halogens is 2. The zero-order valence-electron chi connectivity index (χ0n) is 18.7. The molecule has 1 heterocycles. The molecule has 1 aliphatic heterocycles. The highest BCUT2D eigenvalue weighted by atomic mass is 79.9. The summed E-state index contributed by atoms with van der Waals surface area (Å²) in [6.07, 6.45) is 1.55. The lowest BCUT2D eigenvalue weighted by Gasteiger charge is -2.11. The van der Waals surface area contributed by atoms with Crippen LogP contribution in [0.5, 0.6) is 17.2 Å². The molecule has 178 valence electrons. The van der Waals surface area contributed by atoms with Gasteiger partial charge in [0.1, 0.15) is 5.75 Å². The van der Waals surface area contributed by atoms with Gasteiger partial charge in [-0.3, -0.25) is 0 Å². The zero-order valence-corrected chi connectivity index (χ0v) is 21.1. The molecular weight excluding hydrogens is 538 g/mol. The SMILES string of the molecule is CCOc1cc(/C=C2/N=C(c3cc(Cl)ccc3OC)OC2=O)ccc1OC(=O)c1cccc(Br)c1. The van der Waals surface area contributed by atoms with E-state index in [1.165, 1.54) is 7.11 Å². The maximum atomic E-state index is 12.6. The molecule has 0 bridgehead atoms. The van der Waals surface area contributed by atoms with Crippen molar-refractivity contribution in [2.75, 3.05) is 13.7 Å². The second-order valence-electron chi connectivity index (χ2n) is 7.22. The maximum Gasteiger partial charge on any atom is 0.363 e. The molecule has 1 aliphatic rings. The van der Waals surface area contributed by atoms with E-state index in [0.29, 0.717) is 39.8 Å². The molecule has 4 rings (SSSR count). The lowest BCUT2D eigenvalue weighted by atomic mass is 10.1. The monoisotopic (exact) mass is 555 g/mol. The van der Waals surface area contributed by atoms with Crippen molar-refractivity contribution in [3.05, 3.63) is 92.5 Å². The van der Waals surface area contributed by atoms with Crippen LogP contribution in [0.25, 0.3) is 6.08 Å². The number of aliphatic imine (C=N–C) groups is 1. The number of rotatable bonds is 7. The van der Waals surface area contributed by atoms with Gasteiger partial charge < -0.3 is 18.9 Å². The summed E-state index contributed by atoms with van der Waals surface area (Å²) in [5.74, 6) is 0.00772. The average molecular weight is 557 g/mol. The fourth-order valence-electron chi connectivity index (χ4n) is 3.27. The Hall–Kier alpha value is -3.62. The van der Waals surface area contributed by atoms with Crippen LogP contribution in [0.4, 0.5) is 0 Å². The fourth-order valence-corrected chi connectivity index (χ4v) is 3.84. The van der Waals surface area contributed by atoms with Crippen LogP contribution in [-0.4, -0.2) is 31.6 Å². The van der Waals surface area contributed by atoms with E-state index >= 15 is 0 Å². The second kappa shape index (κ2) is 10.8. The van der Waals surface area contributed by atoms with Gasteiger partial charge in [0, 0.05) is 9.50 Å². The molecule has 0 saturated carbocycles. The molecule has 0 amide bonds. The molecule has 9 heteroatoms. The second-order valence-corrected chi connectivity index (χ2v) is 8.57. The normalized spacial score (nSPS) is 13.9. The summed E-state index contributed by atoms with van der Waals surface area (Å²) in [6.45, 7) is 2.16. The van der Waals surface area contributed by atoms with Crippen molar-refractivity contribution in [2.24, 2.45) is 4.99 Å². The number of ether oxygens (including phenoxy) is 4. The predicted molar refractivity (Wildman–Crippen MR) is 135 cm³/mol. The Balaban J connectivity index is 1.62. The Morgan fingerprint density at radius 2 is 1.89 bits per heavy atom. The van der Waals surface area contributed by atoms with E-state index in [4.69, 9.17) is 30.5 Å². The van der Waals surface area contributed by atoms with Crippen molar-refractivity contribution in [3.8, 4) is 17.2 Å². The van der Waals surface area contributed by atoms with Gasteiger partial charge in [-0.2, -0.15) is 0 Å². The number of benzene rings is 3. The minimum Gasteiger partial charge on any atom is -0.496 e. The standard InChI is InChI=1S/C26H19BrClNO6/c1-3-33-23-12-15(7-9-22(23)34-25(30)16-5-4-6-17(27)13-16)11-20-26(31)35-24(29-20)19-14-18(28)8-10-21(19)32-2/h4-14H,3H2,1-2H3/b20-11+. The van der Waals surface area contributed by atoms with Gasteiger partial charge in [0.25, 0.3) is 0 Å². The van der Waals surface area contributed by atoms with Crippen LogP contribution < -0.4 is 14.2 Å². The van der Waals surface area contributed by atoms with Crippen LogP contribution in [0.15, 0.2) is 75.8 Å². The molecule has 3 aromatic rings. The average Bonchev–Trinajstić information content (AvgIpc) is 3.20. The first-order valence-electron chi connectivity index (χ1n) is 10.5. The van der Waals surface area contributed by atoms with E-state index < -0.39 is 11.9 Å². The number of hydrogen-bond donors (Lipinski definition) is 0.